The van der Waals surface area contributed by atoms with Crippen LogP contribution in [0.25, 0.3) is 0 Å². The van der Waals surface area contributed by atoms with Gasteiger partial charge >= 0.3 is 0 Å². The number of aliphatic hydroxyl groups is 1. The lowest BCUT2D eigenvalue weighted by Crippen LogP contribution is -2.37. The molecule has 0 spiro atoms. The number of likely N-dealkylation sites (N-methyl/N-ethyl adjacent to an activating group) is 1. The number of benzene rings is 1. The van der Waals surface area contributed by atoms with Crippen molar-refractivity contribution in [1.29, 1.82) is 0 Å². The lowest BCUT2D eigenvalue weighted by molar-refractivity contribution is 0.214. The third-order valence-electron chi connectivity index (χ3n) is 3.64. The highest BCUT2D eigenvalue weighted by molar-refractivity contribution is 7.89. The summed E-state index contributed by atoms with van der Waals surface area (Å²) in [6, 6.07) is 6.65. The fraction of sp³-hybridized carbons (Fsp3) is 0.600. The summed E-state index contributed by atoms with van der Waals surface area (Å²) < 4.78 is 26.0. The number of hydrogen-bond acceptors (Lipinski definition) is 4. The first-order chi connectivity index (χ1) is 9.84. The van der Waals surface area contributed by atoms with E-state index in [0.717, 1.165) is 18.5 Å². The Morgan fingerprint density at radius 3 is 2.29 bits per heavy atom. The molecule has 2 N–H and O–H groups in total. The van der Waals surface area contributed by atoms with Crippen molar-refractivity contribution >= 4 is 10.0 Å². The topological polar surface area (TPSA) is 69.6 Å². The Balaban J connectivity index is 2.91. The highest BCUT2D eigenvalue weighted by atomic mass is 32.2. The lowest BCUT2D eigenvalue weighted by Gasteiger charge is -2.23. The van der Waals surface area contributed by atoms with Crippen LogP contribution in [0.2, 0.25) is 0 Å². The summed E-state index contributed by atoms with van der Waals surface area (Å²) in [6.07, 6.45) is 1.06. The zero-order valence-electron chi connectivity index (χ0n) is 13.2. The molecule has 0 amide bonds. The molecule has 0 saturated heterocycles. The van der Waals surface area contributed by atoms with Gasteiger partial charge in [0.2, 0.25) is 10.0 Å². The molecule has 120 valence electrons. The number of nitrogens with one attached hydrogen (secondary N) is 1. The van der Waals surface area contributed by atoms with Crippen LogP contribution in [0.3, 0.4) is 0 Å². The van der Waals surface area contributed by atoms with Crippen molar-refractivity contribution in [3.8, 4) is 0 Å². The number of aliphatic hydroxyl groups excluding tert-OH is 1. The van der Waals surface area contributed by atoms with Crippen molar-refractivity contribution in [3.63, 3.8) is 0 Å². The van der Waals surface area contributed by atoms with E-state index in [4.69, 9.17) is 5.11 Å². The van der Waals surface area contributed by atoms with E-state index in [1.165, 1.54) is 11.4 Å². The van der Waals surface area contributed by atoms with E-state index in [1.54, 1.807) is 19.1 Å². The van der Waals surface area contributed by atoms with E-state index in [2.05, 4.69) is 19.2 Å². The van der Waals surface area contributed by atoms with Gasteiger partial charge in [-0.25, -0.2) is 8.42 Å². The molecule has 5 nitrogen and oxygen atoms in total. The third kappa shape index (κ3) is 4.51. The molecule has 0 aliphatic heterocycles. The van der Waals surface area contributed by atoms with Gasteiger partial charge in [-0.15, -0.1) is 0 Å². The monoisotopic (exact) mass is 314 g/mol. The normalized spacial score (nSPS) is 15.1. The van der Waals surface area contributed by atoms with E-state index in [1.807, 2.05) is 12.1 Å². The molecule has 0 saturated carbocycles. The zero-order chi connectivity index (χ0) is 16.0. The maximum atomic E-state index is 12.4. The van der Waals surface area contributed by atoms with Crippen molar-refractivity contribution < 1.29 is 13.5 Å². The minimum Gasteiger partial charge on any atom is -0.395 e. The molecular formula is C15H26N2O3S. The molecule has 0 bridgehead atoms. The molecule has 21 heavy (non-hydrogen) atoms. The third-order valence-corrected chi connectivity index (χ3v) is 5.63. The molecule has 2 unspecified atom stereocenters. The average Bonchev–Trinajstić information content (AvgIpc) is 2.51. The van der Waals surface area contributed by atoms with Gasteiger partial charge in [0.25, 0.3) is 0 Å². The molecule has 0 radical (unpaired) electrons. The first kappa shape index (κ1) is 18.1. The van der Waals surface area contributed by atoms with E-state index in [9.17, 15) is 8.42 Å². The zero-order valence-corrected chi connectivity index (χ0v) is 14.0. The average molecular weight is 314 g/mol. The van der Waals surface area contributed by atoms with Crippen LogP contribution < -0.4 is 5.32 Å². The smallest absolute Gasteiger partial charge is 0.243 e. The Kier molecular flexibility index (Phi) is 6.80. The first-order valence-corrected chi connectivity index (χ1v) is 8.70. The van der Waals surface area contributed by atoms with Crippen LogP contribution >= 0.6 is 0 Å². The van der Waals surface area contributed by atoms with Crippen molar-refractivity contribution in [1.82, 2.24) is 9.62 Å². The molecule has 1 aromatic carbocycles. The van der Waals surface area contributed by atoms with Crippen molar-refractivity contribution in [2.45, 2.75) is 44.2 Å². The molecule has 0 aliphatic rings. The van der Waals surface area contributed by atoms with Crippen LogP contribution in [-0.4, -0.2) is 44.1 Å². The molecular weight excluding hydrogens is 288 g/mol. The van der Waals surface area contributed by atoms with E-state index in [0.29, 0.717) is 0 Å². The summed E-state index contributed by atoms with van der Waals surface area (Å²) in [6.45, 7) is 6.55. The van der Waals surface area contributed by atoms with Crippen LogP contribution in [0, 0.1) is 0 Å². The highest BCUT2D eigenvalue weighted by Gasteiger charge is 2.24. The van der Waals surface area contributed by atoms with Crippen molar-refractivity contribution in [3.05, 3.63) is 29.8 Å². The predicted molar refractivity (Wildman–Crippen MR) is 84.6 cm³/mol. The second-order valence-corrected chi connectivity index (χ2v) is 7.30. The fourth-order valence-electron chi connectivity index (χ4n) is 1.93. The molecule has 2 atom stereocenters. The standard InChI is InChI=1S/C15H26N2O3S/c1-5-10-16-13(3)14-6-8-15(9-7-14)21(19,20)17(4)12(2)11-18/h6-9,12-13,16,18H,5,10-11H2,1-4H3. The Morgan fingerprint density at radius 1 is 1.24 bits per heavy atom. The summed E-state index contributed by atoms with van der Waals surface area (Å²) in [5.41, 5.74) is 1.06. The Bertz CT molecular complexity index is 528. The van der Waals surface area contributed by atoms with Crippen LogP contribution in [0.5, 0.6) is 0 Å². The minimum absolute atomic E-state index is 0.191. The van der Waals surface area contributed by atoms with Gasteiger partial charge in [0, 0.05) is 19.1 Å². The van der Waals surface area contributed by atoms with Gasteiger partial charge in [-0.2, -0.15) is 4.31 Å². The minimum atomic E-state index is -3.56. The molecule has 0 heterocycles. The Labute approximate surface area is 128 Å². The van der Waals surface area contributed by atoms with Gasteiger partial charge in [-0.3, -0.25) is 0 Å². The Hall–Kier alpha value is -0.950. The van der Waals surface area contributed by atoms with E-state index < -0.39 is 16.1 Å². The molecule has 0 fully saturated rings. The van der Waals surface area contributed by atoms with Crippen LogP contribution in [0.15, 0.2) is 29.2 Å². The van der Waals surface area contributed by atoms with Crippen molar-refractivity contribution in [2.75, 3.05) is 20.2 Å². The second-order valence-electron chi connectivity index (χ2n) is 5.30. The summed E-state index contributed by atoms with van der Waals surface area (Å²) in [5, 5.41) is 12.5. The van der Waals surface area contributed by atoms with E-state index >= 15 is 0 Å². The second kappa shape index (κ2) is 7.89. The highest BCUT2D eigenvalue weighted by Crippen LogP contribution is 2.20. The number of rotatable bonds is 8. The summed E-state index contributed by atoms with van der Waals surface area (Å²) >= 11 is 0. The lowest BCUT2D eigenvalue weighted by atomic mass is 10.1. The summed E-state index contributed by atoms with van der Waals surface area (Å²) in [5.74, 6) is 0. The van der Waals surface area contributed by atoms with E-state index in [-0.39, 0.29) is 17.5 Å². The van der Waals surface area contributed by atoms with Gasteiger partial charge in [0.05, 0.1) is 11.5 Å². The molecule has 0 aliphatic carbocycles. The molecule has 1 rings (SSSR count). The maximum Gasteiger partial charge on any atom is 0.243 e. The van der Waals surface area contributed by atoms with Gasteiger partial charge in [-0.1, -0.05) is 19.1 Å². The summed E-state index contributed by atoms with van der Waals surface area (Å²) in [7, 11) is -2.08. The SMILES string of the molecule is CCCNC(C)c1ccc(S(=O)(=O)N(C)C(C)CO)cc1. The molecule has 1 aromatic rings. The number of nitrogens with zero attached hydrogens (tertiary/aromatic N) is 1. The maximum absolute atomic E-state index is 12.4. The molecule has 0 aromatic heterocycles. The van der Waals surface area contributed by atoms with Gasteiger partial charge < -0.3 is 10.4 Å². The van der Waals surface area contributed by atoms with Crippen molar-refractivity contribution in [2.24, 2.45) is 0 Å². The van der Waals surface area contributed by atoms with Gasteiger partial charge in [0.15, 0.2) is 0 Å². The number of sulfonamides is 1. The van der Waals surface area contributed by atoms with Crippen LogP contribution in [0.1, 0.15) is 38.8 Å². The van der Waals surface area contributed by atoms with Crippen LogP contribution in [-0.2, 0) is 10.0 Å². The van der Waals surface area contributed by atoms with Gasteiger partial charge in [0.1, 0.15) is 0 Å². The summed E-state index contributed by atoms with van der Waals surface area (Å²) in [4.78, 5) is 0.247. The first-order valence-electron chi connectivity index (χ1n) is 7.26. The van der Waals surface area contributed by atoms with Crippen LogP contribution in [0.4, 0.5) is 0 Å². The fourth-order valence-corrected chi connectivity index (χ4v) is 3.28. The van der Waals surface area contributed by atoms with Gasteiger partial charge in [-0.05, 0) is 44.5 Å². The number of hydrogen-bond donors (Lipinski definition) is 2. The molecule has 6 heteroatoms. The largest absolute Gasteiger partial charge is 0.395 e. The quantitative estimate of drug-likeness (QED) is 0.767. The predicted octanol–water partition coefficient (Wildman–Crippen LogP) is 1.75. The Morgan fingerprint density at radius 2 is 1.81 bits per heavy atom.